The Morgan fingerprint density at radius 1 is 1.26 bits per heavy atom. The molecule has 122 valence electrons. The van der Waals surface area contributed by atoms with Gasteiger partial charge >= 0.3 is 16.1 Å². The Labute approximate surface area is 133 Å². The Balaban J connectivity index is 2.66. The number of ether oxygens (including phenoxy) is 1. The van der Waals surface area contributed by atoms with Crippen LogP contribution in [0.25, 0.3) is 10.8 Å². The van der Waals surface area contributed by atoms with Gasteiger partial charge in [-0.3, -0.25) is 10.2 Å². The number of rotatable bonds is 5. The molecule has 2 aromatic rings. The lowest BCUT2D eigenvalue weighted by atomic mass is 9.99. The molecule has 0 saturated heterocycles. The van der Waals surface area contributed by atoms with Crippen LogP contribution in [-0.2, 0) is 26.1 Å². The van der Waals surface area contributed by atoms with E-state index in [2.05, 4.69) is 4.74 Å². The number of amidine groups is 1. The Morgan fingerprint density at radius 2 is 1.96 bits per heavy atom. The van der Waals surface area contributed by atoms with Gasteiger partial charge in [-0.1, -0.05) is 18.2 Å². The molecule has 2 aromatic carbocycles. The number of hydrogen-bond donors (Lipinski definition) is 2. The van der Waals surface area contributed by atoms with Crippen molar-refractivity contribution in [2.24, 2.45) is 5.73 Å². The lowest BCUT2D eigenvalue weighted by Gasteiger charge is -2.13. The van der Waals surface area contributed by atoms with Crippen LogP contribution in [0, 0.1) is 5.41 Å². The van der Waals surface area contributed by atoms with Gasteiger partial charge in [-0.2, -0.15) is 8.42 Å². The molecule has 0 spiro atoms. The molecule has 0 radical (unpaired) electrons. The Bertz CT molecular complexity index is 890. The maximum Gasteiger partial charge on any atom is 0.310 e. The molecule has 7 nitrogen and oxygen atoms in total. The van der Waals surface area contributed by atoms with Crippen LogP contribution in [-0.4, -0.2) is 33.6 Å². The summed E-state index contributed by atoms with van der Waals surface area (Å²) >= 11 is 0. The average molecular weight is 336 g/mol. The van der Waals surface area contributed by atoms with Crippen LogP contribution in [0.2, 0.25) is 0 Å². The fraction of sp³-hybridized carbons (Fsp3) is 0.200. The van der Waals surface area contributed by atoms with E-state index in [0.717, 1.165) is 6.26 Å². The van der Waals surface area contributed by atoms with E-state index in [1.807, 2.05) is 0 Å². The van der Waals surface area contributed by atoms with E-state index < -0.39 is 16.1 Å². The molecule has 0 amide bonds. The van der Waals surface area contributed by atoms with Gasteiger partial charge in [-0.25, -0.2) is 0 Å². The maximum absolute atomic E-state index is 11.6. The molecule has 0 aliphatic heterocycles. The zero-order valence-electron chi connectivity index (χ0n) is 12.6. The largest absolute Gasteiger partial charge is 0.469 e. The van der Waals surface area contributed by atoms with Crippen molar-refractivity contribution in [2.75, 3.05) is 13.4 Å². The van der Waals surface area contributed by atoms with Crippen molar-refractivity contribution in [2.45, 2.75) is 6.42 Å². The summed E-state index contributed by atoms with van der Waals surface area (Å²) in [5, 5.41) is 8.80. The highest BCUT2D eigenvalue weighted by Gasteiger charge is 2.17. The van der Waals surface area contributed by atoms with Gasteiger partial charge in [0.05, 0.1) is 19.8 Å². The second-order valence-electron chi connectivity index (χ2n) is 4.93. The summed E-state index contributed by atoms with van der Waals surface area (Å²) in [7, 11) is -2.49. The summed E-state index contributed by atoms with van der Waals surface area (Å²) in [6, 6.07) is 8.08. The summed E-state index contributed by atoms with van der Waals surface area (Å²) in [5.41, 5.74) is 6.39. The number of nitrogens with two attached hydrogens (primary N) is 1. The first-order valence-electron chi connectivity index (χ1n) is 6.57. The van der Waals surface area contributed by atoms with Gasteiger partial charge in [0, 0.05) is 11.1 Å². The minimum Gasteiger partial charge on any atom is -0.469 e. The van der Waals surface area contributed by atoms with Gasteiger partial charge < -0.3 is 14.7 Å². The molecule has 0 heterocycles. The topological polar surface area (TPSA) is 120 Å². The number of hydrogen-bond acceptors (Lipinski definition) is 6. The van der Waals surface area contributed by atoms with Crippen LogP contribution >= 0.6 is 0 Å². The van der Waals surface area contributed by atoms with E-state index >= 15 is 0 Å². The normalized spacial score (nSPS) is 11.2. The van der Waals surface area contributed by atoms with Crippen molar-refractivity contribution in [1.29, 1.82) is 5.41 Å². The van der Waals surface area contributed by atoms with Crippen LogP contribution in [0.15, 0.2) is 30.3 Å². The van der Waals surface area contributed by atoms with Gasteiger partial charge in [0.2, 0.25) is 0 Å². The van der Waals surface area contributed by atoms with Crippen LogP contribution in [0.1, 0.15) is 11.1 Å². The summed E-state index contributed by atoms with van der Waals surface area (Å²) < 4.78 is 32.4. The Morgan fingerprint density at radius 3 is 2.52 bits per heavy atom. The third-order valence-electron chi connectivity index (χ3n) is 3.19. The minimum absolute atomic E-state index is 0.0703. The van der Waals surface area contributed by atoms with E-state index in [1.165, 1.54) is 13.2 Å². The number of esters is 1. The minimum atomic E-state index is -3.74. The molecule has 0 aliphatic rings. The summed E-state index contributed by atoms with van der Waals surface area (Å²) in [6.07, 6.45) is 0.788. The Kier molecular flexibility index (Phi) is 4.55. The van der Waals surface area contributed by atoms with Crippen molar-refractivity contribution in [1.82, 2.24) is 0 Å². The molecule has 0 atom stereocenters. The van der Waals surface area contributed by atoms with E-state index in [4.69, 9.17) is 15.3 Å². The van der Waals surface area contributed by atoms with Gasteiger partial charge in [-0.15, -0.1) is 0 Å². The Hall–Kier alpha value is -2.61. The van der Waals surface area contributed by atoms with Crippen molar-refractivity contribution < 1.29 is 22.1 Å². The van der Waals surface area contributed by atoms with E-state index in [0.29, 0.717) is 21.9 Å². The molecule has 0 saturated carbocycles. The molecule has 0 fully saturated rings. The van der Waals surface area contributed by atoms with Crippen LogP contribution in [0.5, 0.6) is 5.75 Å². The first kappa shape index (κ1) is 16.8. The molecule has 0 bridgehead atoms. The quantitative estimate of drug-likeness (QED) is 0.366. The van der Waals surface area contributed by atoms with Gasteiger partial charge in [-0.05, 0) is 22.9 Å². The highest BCUT2D eigenvalue weighted by molar-refractivity contribution is 7.86. The molecule has 0 unspecified atom stereocenters. The number of nitrogen functional groups attached to an aromatic ring is 1. The SMILES string of the molecule is COC(=O)Cc1c(OS(C)(=O)=O)ccc2cc(C(=N)N)ccc12. The van der Waals surface area contributed by atoms with Gasteiger partial charge in [0.1, 0.15) is 11.6 Å². The monoisotopic (exact) mass is 336 g/mol. The first-order valence-corrected chi connectivity index (χ1v) is 8.39. The summed E-state index contributed by atoms with van der Waals surface area (Å²) in [5.74, 6) is -0.537. The van der Waals surface area contributed by atoms with Crippen molar-refractivity contribution >= 4 is 32.7 Å². The van der Waals surface area contributed by atoms with E-state index in [9.17, 15) is 13.2 Å². The first-order chi connectivity index (χ1) is 10.7. The smallest absolute Gasteiger partial charge is 0.310 e. The number of methoxy groups -OCH3 is 1. The third-order valence-corrected chi connectivity index (χ3v) is 3.67. The van der Waals surface area contributed by atoms with Gasteiger partial charge in [0.25, 0.3) is 0 Å². The second-order valence-corrected chi connectivity index (χ2v) is 6.51. The molecule has 0 aromatic heterocycles. The van der Waals surface area contributed by atoms with Crippen LogP contribution < -0.4 is 9.92 Å². The van der Waals surface area contributed by atoms with Crippen LogP contribution in [0.3, 0.4) is 0 Å². The standard InChI is InChI=1S/C15H16N2O5S/c1-21-14(18)8-12-11-5-3-10(15(16)17)7-9(11)4-6-13(12)22-23(2,19)20/h3-7H,8H2,1-2H3,(H3,16,17). The number of benzene rings is 2. The number of carbonyl (C=O) groups excluding carboxylic acids is 1. The van der Waals surface area contributed by atoms with Crippen LogP contribution in [0.4, 0.5) is 0 Å². The molecule has 8 heteroatoms. The van der Waals surface area contributed by atoms with Crippen molar-refractivity contribution in [3.05, 3.63) is 41.5 Å². The molecule has 0 aliphatic carbocycles. The zero-order valence-corrected chi connectivity index (χ0v) is 13.4. The molecular weight excluding hydrogens is 320 g/mol. The highest BCUT2D eigenvalue weighted by Crippen LogP contribution is 2.30. The predicted octanol–water partition coefficient (Wildman–Crippen LogP) is 1.18. The summed E-state index contributed by atoms with van der Waals surface area (Å²) in [4.78, 5) is 11.6. The number of carbonyl (C=O) groups is 1. The average Bonchev–Trinajstić information content (AvgIpc) is 2.47. The van der Waals surface area contributed by atoms with Gasteiger partial charge in [0.15, 0.2) is 0 Å². The lowest BCUT2D eigenvalue weighted by Crippen LogP contribution is -2.12. The molecule has 23 heavy (non-hydrogen) atoms. The summed E-state index contributed by atoms with van der Waals surface area (Å²) in [6.45, 7) is 0. The zero-order chi connectivity index (χ0) is 17.2. The molecule has 3 N–H and O–H groups in total. The lowest BCUT2D eigenvalue weighted by molar-refractivity contribution is -0.139. The fourth-order valence-corrected chi connectivity index (χ4v) is 2.66. The van der Waals surface area contributed by atoms with Crippen molar-refractivity contribution in [3.8, 4) is 5.75 Å². The van der Waals surface area contributed by atoms with E-state index in [-0.39, 0.29) is 18.0 Å². The van der Waals surface area contributed by atoms with E-state index in [1.54, 1.807) is 24.3 Å². The number of nitrogens with one attached hydrogen (secondary N) is 1. The maximum atomic E-state index is 11.6. The number of fused-ring (bicyclic) bond motifs is 1. The van der Waals surface area contributed by atoms with Crippen molar-refractivity contribution in [3.63, 3.8) is 0 Å². The second kappa shape index (κ2) is 6.25. The predicted molar refractivity (Wildman–Crippen MR) is 86.2 cm³/mol. The third kappa shape index (κ3) is 3.98. The fourth-order valence-electron chi connectivity index (χ4n) is 2.18. The molecular formula is C15H16N2O5S. The molecule has 2 rings (SSSR count). The highest BCUT2D eigenvalue weighted by atomic mass is 32.2.